The second kappa shape index (κ2) is 7.82. The molecule has 110 valence electrons. The number of nitrogens with one attached hydrogen (secondary N) is 1. The molecule has 4 heteroatoms. The van der Waals surface area contributed by atoms with Gasteiger partial charge in [0.2, 0.25) is 0 Å². The molecule has 0 spiro atoms. The van der Waals surface area contributed by atoms with Crippen LogP contribution in [0.4, 0.5) is 0 Å². The number of aliphatic hydroxyl groups excluding tert-OH is 1. The van der Waals surface area contributed by atoms with Crippen LogP contribution in [0.5, 0.6) is 0 Å². The first kappa shape index (κ1) is 16.4. The number of hydrogen-bond donors (Lipinski definition) is 3. The van der Waals surface area contributed by atoms with Gasteiger partial charge in [-0.05, 0) is 31.4 Å². The molecular weight excluding hydrogens is 254 g/mol. The fourth-order valence-electron chi connectivity index (χ4n) is 2.26. The zero-order chi connectivity index (χ0) is 15.1. The van der Waals surface area contributed by atoms with Gasteiger partial charge in [0.1, 0.15) is 0 Å². The molecule has 3 N–H and O–H groups in total. The predicted octanol–water partition coefficient (Wildman–Crippen LogP) is 2.35. The van der Waals surface area contributed by atoms with Crippen molar-refractivity contribution >= 4 is 5.97 Å². The molecule has 0 radical (unpaired) electrons. The van der Waals surface area contributed by atoms with Gasteiger partial charge in [-0.2, -0.15) is 0 Å². The summed E-state index contributed by atoms with van der Waals surface area (Å²) in [6, 6.07) is 5.57. The Hall–Kier alpha value is -1.65. The molecule has 1 rings (SSSR count). The second-order valence-corrected chi connectivity index (χ2v) is 5.04. The van der Waals surface area contributed by atoms with Crippen LogP contribution in [0, 0.1) is 13.8 Å². The van der Waals surface area contributed by atoms with Gasteiger partial charge >= 0.3 is 5.97 Å². The number of benzene rings is 1. The van der Waals surface area contributed by atoms with Crippen molar-refractivity contribution in [2.24, 2.45) is 0 Å². The Labute approximate surface area is 120 Å². The third-order valence-corrected chi connectivity index (χ3v) is 3.32. The first-order chi connectivity index (χ1) is 9.45. The lowest BCUT2D eigenvalue weighted by Gasteiger charge is -2.25. The van der Waals surface area contributed by atoms with Gasteiger partial charge in [-0.15, -0.1) is 6.58 Å². The number of aliphatic carboxylic acids is 1. The summed E-state index contributed by atoms with van der Waals surface area (Å²) in [7, 11) is 0. The van der Waals surface area contributed by atoms with Crippen molar-refractivity contribution in [1.82, 2.24) is 5.32 Å². The van der Waals surface area contributed by atoms with Crippen molar-refractivity contribution in [3.8, 4) is 0 Å². The minimum Gasteiger partial charge on any atom is -0.481 e. The van der Waals surface area contributed by atoms with E-state index in [4.69, 9.17) is 5.11 Å². The maximum atomic E-state index is 10.7. The largest absolute Gasteiger partial charge is 0.481 e. The van der Waals surface area contributed by atoms with Gasteiger partial charge in [-0.1, -0.05) is 29.8 Å². The molecule has 0 heterocycles. The van der Waals surface area contributed by atoms with Gasteiger partial charge in [0.25, 0.3) is 0 Å². The van der Waals surface area contributed by atoms with Crippen LogP contribution in [-0.4, -0.2) is 28.8 Å². The van der Waals surface area contributed by atoms with Crippen LogP contribution in [0.3, 0.4) is 0 Å². The fraction of sp³-hybridized carbons (Fsp3) is 0.438. The van der Waals surface area contributed by atoms with E-state index in [9.17, 15) is 9.90 Å². The molecule has 0 saturated carbocycles. The molecule has 1 aromatic carbocycles. The molecule has 0 aromatic heterocycles. The number of carbonyl (C=O) groups is 1. The van der Waals surface area contributed by atoms with Crippen LogP contribution in [0.25, 0.3) is 0 Å². The normalized spacial score (nSPS) is 13.8. The Morgan fingerprint density at radius 3 is 2.70 bits per heavy atom. The highest BCUT2D eigenvalue weighted by Crippen LogP contribution is 2.24. The summed E-state index contributed by atoms with van der Waals surface area (Å²) in [4.78, 5) is 10.7. The highest BCUT2D eigenvalue weighted by Gasteiger charge is 2.22. The van der Waals surface area contributed by atoms with E-state index in [-0.39, 0.29) is 12.5 Å². The lowest BCUT2D eigenvalue weighted by Crippen LogP contribution is -2.36. The second-order valence-electron chi connectivity index (χ2n) is 5.04. The quantitative estimate of drug-likeness (QED) is 0.638. The van der Waals surface area contributed by atoms with Crippen LogP contribution in [-0.2, 0) is 4.79 Å². The maximum Gasteiger partial charge on any atom is 0.303 e. The number of aryl methyl sites for hydroxylation is 2. The number of carboxylic acids is 1. The van der Waals surface area contributed by atoms with Gasteiger partial charge in [0, 0.05) is 19.0 Å². The van der Waals surface area contributed by atoms with E-state index >= 15 is 0 Å². The molecule has 0 fully saturated rings. The van der Waals surface area contributed by atoms with Crippen molar-refractivity contribution in [3.63, 3.8) is 0 Å². The van der Waals surface area contributed by atoms with Crippen molar-refractivity contribution < 1.29 is 15.0 Å². The van der Waals surface area contributed by atoms with Crippen molar-refractivity contribution in [3.05, 3.63) is 47.5 Å². The van der Waals surface area contributed by atoms with Crippen LogP contribution >= 0.6 is 0 Å². The van der Waals surface area contributed by atoms with E-state index in [0.29, 0.717) is 13.0 Å². The van der Waals surface area contributed by atoms with Gasteiger partial charge in [-0.3, -0.25) is 4.79 Å². The Morgan fingerprint density at radius 1 is 1.45 bits per heavy atom. The number of rotatable bonds is 8. The van der Waals surface area contributed by atoms with Crippen LogP contribution in [0.15, 0.2) is 30.9 Å². The third-order valence-electron chi connectivity index (χ3n) is 3.32. The molecule has 0 saturated heterocycles. The molecule has 0 aliphatic carbocycles. The molecule has 2 atom stereocenters. The Bertz CT molecular complexity index is 471. The smallest absolute Gasteiger partial charge is 0.303 e. The van der Waals surface area contributed by atoms with Crippen LogP contribution in [0.2, 0.25) is 0 Å². The van der Waals surface area contributed by atoms with Crippen LogP contribution < -0.4 is 5.32 Å². The molecule has 20 heavy (non-hydrogen) atoms. The monoisotopic (exact) mass is 277 g/mol. The van der Waals surface area contributed by atoms with Crippen LogP contribution in [0.1, 0.15) is 35.6 Å². The van der Waals surface area contributed by atoms with Crippen molar-refractivity contribution in [1.29, 1.82) is 0 Å². The van der Waals surface area contributed by atoms with E-state index in [0.717, 1.165) is 16.7 Å². The Balaban J connectivity index is 2.86. The Morgan fingerprint density at radius 2 is 2.15 bits per heavy atom. The predicted molar refractivity (Wildman–Crippen MR) is 79.7 cm³/mol. The zero-order valence-corrected chi connectivity index (χ0v) is 12.1. The summed E-state index contributed by atoms with van der Waals surface area (Å²) < 4.78 is 0. The average Bonchev–Trinajstić information content (AvgIpc) is 2.38. The van der Waals surface area contributed by atoms with Gasteiger partial charge < -0.3 is 15.5 Å². The summed E-state index contributed by atoms with van der Waals surface area (Å²) in [5, 5.41) is 22.4. The molecule has 0 bridgehead atoms. The highest BCUT2D eigenvalue weighted by atomic mass is 16.4. The minimum atomic E-state index is -0.858. The van der Waals surface area contributed by atoms with E-state index in [1.165, 1.54) is 0 Å². The molecule has 0 aliphatic rings. The standard InChI is InChI=1S/C16H23NO3/c1-4-9-17-14(7-8-15(18)19)16(20)13-6-5-11(2)10-12(13)3/h4-6,10,14,16-17,20H,1,7-9H2,2-3H3,(H,18,19). The van der Waals surface area contributed by atoms with E-state index in [1.807, 2.05) is 32.0 Å². The maximum absolute atomic E-state index is 10.7. The summed E-state index contributed by atoms with van der Waals surface area (Å²) in [5.41, 5.74) is 2.99. The Kier molecular flexibility index (Phi) is 6.42. The molecule has 1 aromatic rings. The minimum absolute atomic E-state index is 0.0246. The van der Waals surface area contributed by atoms with Gasteiger partial charge in [0.05, 0.1) is 6.10 Å². The topological polar surface area (TPSA) is 69.6 Å². The first-order valence-corrected chi connectivity index (χ1v) is 6.77. The van der Waals surface area contributed by atoms with Crippen molar-refractivity contribution in [2.75, 3.05) is 6.54 Å². The lowest BCUT2D eigenvalue weighted by molar-refractivity contribution is -0.137. The fourth-order valence-corrected chi connectivity index (χ4v) is 2.26. The van der Waals surface area contributed by atoms with E-state index < -0.39 is 12.1 Å². The highest BCUT2D eigenvalue weighted by molar-refractivity contribution is 5.66. The van der Waals surface area contributed by atoms with E-state index in [1.54, 1.807) is 6.08 Å². The molecule has 0 aliphatic heterocycles. The average molecular weight is 277 g/mol. The summed E-state index contributed by atoms with van der Waals surface area (Å²) in [6.07, 6.45) is 1.37. The molecule has 2 unspecified atom stereocenters. The number of carboxylic acid groups (broad SMARTS) is 1. The van der Waals surface area contributed by atoms with Gasteiger partial charge in [0.15, 0.2) is 0 Å². The third kappa shape index (κ3) is 4.79. The SMILES string of the molecule is C=CCNC(CCC(=O)O)C(O)c1ccc(C)cc1C. The summed E-state index contributed by atoms with van der Waals surface area (Å²) in [5.74, 6) is -0.858. The molecule has 4 nitrogen and oxygen atoms in total. The molecular formula is C16H23NO3. The summed E-state index contributed by atoms with van der Waals surface area (Å²) >= 11 is 0. The number of aliphatic hydroxyl groups is 1. The summed E-state index contributed by atoms with van der Waals surface area (Å²) in [6.45, 7) is 8.12. The lowest BCUT2D eigenvalue weighted by atomic mass is 9.94. The van der Waals surface area contributed by atoms with E-state index in [2.05, 4.69) is 11.9 Å². The number of hydrogen-bond acceptors (Lipinski definition) is 3. The van der Waals surface area contributed by atoms with Gasteiger partial charge in [-0.25, -0.2) is 0 Å². The molecule has 0 amide bonds. The first-order valence-electron chi connectivity index (χ1n) is 6.77. The zero-order valence-electron chi connectivity index (χ0n) is 12.1. The van der Waals surface area contributed by atoms with Crippen molar-refractivity contribution in [2.45, 2.75) is 38.8 Å².